The lowest BCUT2D eigenvalue weighted by molar-refractivity contribution is -0.145. The van der Waals surface area contributed by atoms with Crippen molar-refractivity contribution in [2.75, 3.05) is 12.0 Å². The highest BCUT2D eigenvalue weighted by molar-refractivity contribution is 6.42. The molecule has 3 aromatic carbocycles. The zero-order chi connectivity index (χ0) is 30.8. The van der Waals surface area contributed by atoms with E-state index in [-0.39, 0.29) is 26.9 Å². The third-order valence-corrected chi connectivity index (χ3v) is 8.12. The van der Waals surface area contributed by atoms with Gasteiger partial charge in [-0.1, -0.05) is 53.5 Å². The molecule has 0 spiro atoms. The van der Waals surface area contributed by atoms with E-state index in [1.54, 1.807) is 0 Å². The quantitative estimate of drug-likeness (QED) is 0.210. The lowest BCUT2D eigenvalue weighted by atomic mass is 9.71. The average molecular weight is 631 g/mol. The highest BCUT2D eigenvalue weighted by atomic mass is 35.5. The van der Waals surface area contributed by atoms with Gasteiger partial charge in [-0.25, -0.2) is 4.90 Å². The summed E-state index contributed by atoms with van der Waals surface area (Å²) in [5, 5.41) is 2.73. The molecular formula is C28H18Cl2F6N2O4. The Morgan fingerprint density at radius 3 is 1.67 bits per heavy atom. The summed E-state index contributed by atoms with van der Waals surface area (Å²) in [6.45, 7) is 0. The van der Waals surface area contributed by atoms with Crippen molar-refractivity contribution in [2.24, 2.45) is 11.8 Å². The van der Waals surface area contributed by atoms with Gasteiger partial charge in [0.1, 0.15) is 6.04 Å². The largest absolute Gasteiger partial charge is 0.468 e. The molecule has 5 rings (SSSR count). The minimum absolute atomic E-state index is 0.0232. The van der Waals surface area contributed by atoms with Crippen molar-refractivity contribution in [3.8, 4) is 0 Å². The summed E-state index contributed by atoms with van der Waals surface area (Å²) in [6, 6.07) is 9.72. The van der Waals surface area contributed by atoms with Gasteiger partial charge >= 0.3 is 18.3 Å². The minimum Gasteiger partial charge on any atom is -0.468 e. The molecule has 0 aliphatic carbocycles. The molecule has 42 heavy (non-hydrogen) atoms. The van der Waals surface area contributed by atoms with Crippen molar-refractivity contribution in [3.63, 3.8) is 0 Å². The number of rotatable bonds is 4. The van der Waals surface area contributed by atoms with Crippen molar-refractivity contribution in [1.82, 2.24) is 5.32 Å². The first-order valence-corrected chi connectivity index (χ1v) is 12.9. The van der Waals surface area contributed by atoms with Gasteiger partial charge in [-0.3, -0.25) is 19.7 Å². The SMILES string of the molecule is COC(=O)[C@@H]1NC(c2ccc(C(F)(F)F)cc2)(c2ccc(C(F)(F)F)cc2)[C@H]2C(=O)N(c3c(Cl)cccc3Cl)C(=O)[C@H]12. The standard InChI is InChI=1S/C28H18Cl2F6N2O4/c1-42-25(41)21-19-20(24(40)38(23(19)39)22-17(29)3-2-4-18(22)30)26(37-21,13-5-9-15(10-6-13)27(31,32)33)14-7-11-16(12-8-14)28(34,35)36/h2-12,19-21,37H,1H3/t19-,20+,21+/m0/s1. The molecule has 2 aliphatic heterocycles. The molecule has 2 heterocycles. The molecular weight excluding hydrogens is 613 g/mol. The Bertz CT molecular complexity index is 1500. The van der Waals surface area contributed by atoms with Gasteiger partial charge in [0.2, 0.25) is 11.8 Å². The van der Waals surface area contributed by atoms with Gasteiger partial charge in [0, 0.05) is 0 Å². The summed E-state index contributed by atoms with van der Waals surface area (Å²) < 4.78 is 85.4. The van der Waals surface area contributed by atoms with Crippen LogP contribution in [0.4, 0.5) is 32.0 Å². The number of carbonyl (C=O) groups excluding carboxylic acids is 3. The number of imide groups is 1. The van der Waals surface area contributed by atoms with Gasteiger partial charge < -0.3 is 4.74 Å². The molecule has 2 aliphatic rings. The van der Waals surface area contributed by atoms with E-state index in [0.29, 0.717) is 4.90 Å². The van der Waals surface area contributed by atoms with Crippen LogP contribution in [0.5, 0.6) is 0 Å². The number of ether oxygens (including phenoxy) is 1. The fraction of sp³-hybridized carbons (Fsp3) is 0.250. The highest BCUT2D eigenvalue weighted by Gasteiger charge is 2.68. The van der Waals surface area contributed by atoms with E-state index >= 15 is 0 Å². The topological polar surface area (TPSA) is 75.7 Å². The second kappa shape index (κ2) is 10.3. The van der Waals surface area contributed by atoms with Crippen molar-refractivity contribution >= 4 is 46.7 Å². The van der Waals surface area contributed by atoms with Crippen LogP contribution in [0.3, 0.4) is 0 Å². The van der Waals surface area contributed by atoms with Crippen LogP contribution in [0.1, 0.15) is 22.3 Å². The number of para-hydroxylation sites is 1. The third kappa shape index (κ3) is 4.61. The Hall–Kier alpha value is -3.61. The molecule has 3 atom stereocenters. The van der Waals surface area contributed by atoms with Gasteiger partial charge in [-0.15, -0.1) is 0 Å². The number of esters is 1. The van der Waals surface area contributed by atoms with Crippen LogP contribution in [0.2, 0.25) is 10.0 Å². The third-order valence-electron chi connectivity index (χ3n) is 7.51. The second-order valence-corrected chi connectivity index (χ2v) is 10.5. The molecule has 0 bridgehead atoms. The number of hydrogen-bond acceptors (Lipinski definition) is 5. The number of halogens is 8. The number of nitrogens with zero attached hydrogens (tertiary/aromatic N) is 1. The van der Waals surface area contributed by atoms with Crippen molar-refractivity contribution in [3.05, 3.63) is 99.0 Å². The number of anilines is 1. The summed E-state index contributed by atoms with van der Waals surface area (Å²) in [5.41, 5.74) is -4.26. The van der Waals surface area contributed by atoms with Crippen LogP contribution < -0.4 is 10.2 Å². The first-order valence-electron chi connectivity index (χ1n) is 12.2. The lowest BCUT2D eigenvalue weighted by Crippen LogP contribution is -2.52. The molecule has 0 aromatic heterocycles. The maximum absolute atomic E-state index is 14.2. The van der Waals surface area contributed by atoms with E-state index < -0.39 is 64.7 Å². The summed E-state index contributed by atoms with van der Waals surface area (Å²) >= 11 is 12.6. The number of methoxy groups -OCH3 is 1. The van der Waals surface area contributed by atoms with Gasteiger partial charge in [0.25, 0.3) is 0 Å². The molecule has 0 saturated carbocycles. The van der Waals surface area contributed by atoms with E-state index in [0.717, 1.165) is 55.6 Å². The fourth-order valence-electron chi connectivity index (χ4n) is 5.70. The van der Waals surface area contributed by atoms with E-state index in [1.807, 2.05) is 0 Å². The summed E-state index contributed by atoms with van der Waals surface area (Å²) in [5.74, 6) is -5.88. The molecule has 1 N–H and O–H groups in total. The Morgan fingerprint density at radius 1 is 0.810 bits per heavy atom. The van der Waals surface area contributed by atoms with Gasteiger partial charge in [-0.05, 0) is 47.5 Å². The summed E-state index contributed by atoms with van der Waals surface area (Å²) in [7, 11) is 1.03. The number of fused-ring (bicyclic) bond motifs is 1. The van der Waals surface area contributed by atoms with Crippen LogP contribution in [0.15, 0.2) is 66.7 Å². The number of nitrogens with one attached hydrogen (secondary N) is 1. The van der Waals surface area contributed by atoms with Gasteiger partial charge in [-0.2, -0.15) is 26.3 Å². The van der Waals surface area contributed by atoms with Gasteiger partial charge in [0.15, 0.2) is 0 Å². The highest BCUT2D eigenvalue weighted by Crippen LogP contribution is 2.54. The minimum atomic E-state index is -4.73. The maximum Gasteiger partial charge on any atom is 0.416 e. The molecule has 0 radical (unpaired) electrons. The number of amides is 2. The Morgan fingerprint density at radius 2 is 1.26 bits per heavy atom. The molecule has 0 unspecified atom stereocenters. The lowest BCUT2D eigenvalue weighted by Gasteiger charge is -2.36. The number of alkyl halides is 6. The van der Waals surface area contributed by atoms with Crippen LogP contribution in [0, 0.1) is 11.8 Å². The number of carbonyl (C=O) groups is 3. The first kappa shape index (κ1) is 29.9. The Kier molecular flexibility index (Phi) is 7.31. The predicted molar refractivity (Wildman–Crippen MR) is 139 cm³/mol. The van der Waals surface area contributed by atoms with Crippen LogP contribution >= 0.6 is 23.2 Å². The zero-order valence-corrected chi connectivity index (χ0v) is 22.7. The second-order valence-electron chi connectivity index (χ2n) is 9.69. The Labute approximate surface area is 244 Å². The normalized spacial score (nSPS) is 21.9. The number of hydrogen-bond donors (Lipinski definition) is 1. The zero-order valence-electron chi connectivity index (χ0n) is 21.2. The Balaban J connectivity index is 1.78. The van der Waals surface area contributed by atoms with E-state index in [2.05, 4.69) is 5.32 Å². The van der Waals surface area contributed by atoms with E-state index in [9.17, 15) is 40.7 Å². The molecule has 3 aromatic rings. The van der Waals surface area contributed by atoms with E-state index in [1.165, 1.54) is 18.2 Å². The molecule has 2 saturated heterocycles. The van der Waals surface area contributed by atoms with Crippen LogP contribution in [0.25, 0.3) is 0 Å². The number of benzene rings is 3. The molecule has 6 nitrogen and oxygen atoms in total. The summed E-state index contributed by atoms with van der Waals surface area (Å²) in [4.78, 5) is 41.8. The molecule has 14 heteroatoms. The smallest absolute Gasteiger partial charge is 0.416 e. The van der Waals surface area contributed by atoms with Crippen molar-refractivity contribution in [2.45, 2.75) is 23.9 Å². The summed E-state index contributed by atoms with van der Waals surface area (Å²) in [6.07, 6.45) is -9.45. The van der Waals surface area contributed by atoms with Crippen molar-refractivity contribution < 1.29 is 45.5 Å². The molecule has 220 valence electrons. The molecule has 2 amide bonds. The maximum atomic E-state index is 14.2. The monoisotopic (exact) mass is 630 g/mol. The molecule has 2 fully saturated rings. The average Bonchev–Trinajstić information content (AvgIpc) is 3.42. The first-order chi connectivity index (χ1) is 19.6. The van der Waals surface area contributed by atoms with Crippen LogP contribution in [-0.2, 0) is 37.0 Å². The van der Waals surface area contributed by atoms with E-state index in [4.69, 9.17) is 27.9 Å². The fourth-order valence-corrected chi connectivity index (χ4v) is 6.27. The van der Waals surface area contributed by atoms with Gasteiger partial charge in [0.05, 0.1) is 51.3 Å². The van der Waals surface area contributed by atoms with Crippen LogP contribution in [-0.4, -0.2) is 30.9 Å². The van der Waals surface area contributed by atoms with Crippen molar-refractivity contribution in [1.29, 1.82) is 0 Å². The predicted octanol–water partition coefficient (Wildman–Crippen LogP) is 6.23.